The fourth-order valence-corrected chi connectivity index (χ4v) is 2.83. The summed E-state index contributed by atoms with van der Waals surface area (Å²) in [6.45, 7) is 7.93. The molecule has 2 heterocycles. The molecule has 5 nitrogen and oxygen atoms in total. The summed E-state index contributed by atoms with van der Waals surface area (Å²) >= 11 is 0. The van der Waals surface area contributed by atoms with Crippen molar-refractivity contribution in [1.82, 2.24) is 10.2 Å². The fourth-order valence-electron chi connectivity index (χ4n) is 2.83. The van der Waals surface area contributed by atoms with Crippen molar-refractivity contribution in [3.05, 3.63) is 16.8 Å². The molecule has 1 aromatic heterocycles. The molecule has 0 radical (unpaired) electrons. The number of aromatic carboxylic acids is 1. The summed E-state index contributed by atoms with van der Waals surface area (Å²) < 4.78 is 0. The Balaban J connectivity index is 2.44. The lowest BCUT2D eigenvalue weighted by atomic mass is 9.97. The van der Waals surface area contributed by atoms with Crippen LogP contribution in [0.2, 0.25) is 0 Å². The number of hydrogen-bond donors (Lipinski definition) is 1. The third kappa shape index (κ3) is 2.76. The lowest BCUT2D eigenvalue weighted by Crippen LogP contribution is -2.35. The minimum Gasteiger partial charge on any atom is -0.478 e. The van der Waals surface area contributed by atoms with E-state index in [1.807, 2.05) is 13.8 Å². The van der Waals surface area contributed by atoms with Gasteiger partial charge in [0.25, 0.3) is 0 Å². The van der Waals surface area contributed by atoms with Gasteiger partial charge in [0.1, 0.15) is 5.56 Å². The van der Waals surface area contributed by atoms with E-state index in [9.17, 15) is 9.90 Å². The maximum atomic E-state index is 11.7. The lowest BCUT2D eigenvalue weighted by Gasteiger charge is -2.32. The Hall–Kier alpha value is -1.65. The number of carboxylic acid groups (broad SMARTS) is 1. The van der Waals surface area contributed by atoms with Gasteiger partial charge >= 0.3 is 5.97 Å². The molecule has 0 bridgehead atoms. The van der Waals surface area contributed by atoms with Gasteiger partial charge in [0.15, 0.2) is 5.82 Å². The number of carbonyl (C=O) groups is 1. The Bertz CT molecular complexity index is 494. The predicted octanol–water partition coefficient (Wildman–Crippen LogP) is 2.54. The molecule has 1 saturated heterocycles. The summed E-state index contributed by atoms with van der Waals surface area (Å²) in [6, 6.07) is 0. The molecule has 1 aliphatic heterocycles. The predicted molar refractivity (Wildman–Crippen MR) is 78.4 cm³/mol. The molecule has 1 aromatic rings. The van der Waals surface area contributed by atoms with Crippen LogP contribution in [0.5, 0.6) is 0 Å². The number of rotatable bonds is 4. The standard InChI is InChI=1S/C15H23N3O2/c1-4-11-12(5-2)16-17-14(13(11)15(19)20)18-8-6-10(3)7-9-18/h10H,4-9H2,1-3H3,(H,19,20). The van der Waals surface area contributed by atoms with Crippen LogP contribution in [0, 0.1) is 5.92 Å². The summed E-state index contributed by atoms with van der Waals surface area (Å²) in [5.74, 6) is 0.367. The maximum absolute atomic E-state index is 11.7. The van der Waals surface area contributed by atoms with Gasteiger partial charge in [-0.2, -0.15) is 5.10 Å². The summed E-state index contributed by atoms with van der Waals surface area (Å²) in [6.07, 6.45) is 3.56. The van der Waals surface area contributed by atoms with E-state index < -0.39 is 5.97 Å². The number of aryl methyl sites for hydroxylation is 1. The Morgan fingerprint density at radius 1 is 1.25 bits per heavy atom. The van der Waals surface area contributed by atoms with Crippen LogP contribution >= 0.6 is 0 Å². The molecule has 2 rings (SSSR count). The average Bonchev–Trinajstić information content (AvgIpc) is 2.46. The van der Waals surface area contributed by atoms with Crippen molar-refractivity contribution in [2.75, 3.05) is 18.0 Å². The van der Waals surface area contributed by atoms with E-state index >= 15 is 0 Å². The van der Waals surface area contributed by atoms with E-state index in [-0.39, 0.29) is 0 Å². The third-order valence-electron chi connectivity index (χ3n) is 4.12. The average molecular weight is 277 g/mol. The molecule has 110 valence electrons. The van der Waals surface area contributed by atoms with E-state index in [1.54, 1.807) is 0 Å². The Kier molecular flexibility index (Phi) is 4.57. The van der Waals surface area contributed by atoms with Crippen LogP contribution in [0.1, 0.15) is 55.2 Å². The first kappa shape index (κ1) is 14.8. The van der Waals surface area contributed by atoms with Gasteiger partial charge in [0, 0.05) is 13.1 Å². The summed E-state index contributed by atoms with van der Waals surface area (Å²) in [5.41, 5.74) is 2.00. The minimum absolute atomic E-state index is 0.355. The molecule has 20 heavy (non-hydrogen) atoms. The Morgan fingerprint density at radius 3 is 2.40 bits per heavy atom. The summed E-state index contributed by atoms with van der Waals surface area (Å²) in [7, 11) is 0. The molecule has 0 amide bonds. The van der Waals surface area contributed by atoms with Crippen molar-refractivity contribution in [3.8, 4) is 0 Å². The highest BCUT2D eigenvalue weighted by Crippen LogP contribution is 2.27. The first-order valence-corrected chi connectivity index (χ1v) is 7.45. The van der Waals surface area contributed by atoms with Crippen molar-refractivity contribution in [3.63, 3.8) is 0 Å². The second kappa shape index (κ2) is 6.20. The Labute approximate surface area is 120 Å². The summed E-state index contributed by atoms with van der Waals surface area (Å²) in [4.78, 5) is 13.8. The third-order valence-corrected chi connectivity index (χ3v) is 4.12. The maximum Gasteiger partial charge on any atom is 0.339 e. The van der Waals surface area contributed by atoms with Crippen LogP contribution in [-0.4, -0.2) is 34.4 Å². The van der Waals surface area contributed by atoms with Crippen LogP contribution in [0.4, 0.5) is 5.82 Å². The van der Waals surface area contributed by atoms with E-state index in [4.69, 9.17) is 0 Å². The highest BCUT2D eigenvalue weighted by Gasteiger charge is 2.26. The Morgan fingerprint density at radius 2 is 1.90 bits per heavy atom. The van der Waals surface area contributed by atoms with Gasteiger partial charge in [-0.25, -0.2) is 4.79 Å². The molecule has 0 spiro atoms. The van der Waals surface area contributed by atoms with Gasteiger partial charge in [0.05, 0.1) is 5.69 Å². The number of carboxylic acids is 1. The fraction of sp³-hybridized carbons (Fsp3) is 0.667. The van der Waals surface area contributed by atoms with Crippen molar-refractivity contribution in [2.45, 2.75) is 46.5 Å². The van der Waals surface area contributed by atoms with Gasteiger partial charge in [-0.1, -0.05) is 20.8 Å². The largest absolute Gasteiger partial charge is 0.478 e. The highest BCUT2D eigenvalue weighted by atomic mass is 16.4. The molecule has 0 aromatic carbocycles. The number of anilines is 1. The molecule has 0 saturated carbocycles. The van der Waals surface area contributed by atoms with Gasteiger partial charge in [0.2, 0.25) is 0 Å². The van der Waals surface area contributed by atoms with Crippen molar-refractivity contribution in [1.29, 1.82) is 0 Å². The first-order valence-electron chi connectivity index (χ1n) is 7.45. The quantitative estimate of drug-likeness (QED) is 0.916. The number of piperidine rings is 1. The molecule has 0 unspecified atom stereocenters. The molecule has 1 aliphatic rings. The minimum atomic E-state index is -0.889. The second-order valence-electron chi connectivity index (χ2n) is 5.51. The summed E-state index contributed by atoms with van der Waals surface area (Å²) in [5, 5.41) is 18.1. The van der Waals surface area contributed by atoms with Gasteiger partial charge < -0.3 is 10.0 Å². The van der Waals surface area contributed by atoms with Crippen LogP contribution < -0.4 is 4.90 Å². The van der Waals surface area contributed by atoms with Crippen LogP contribution in [-0.2, 0) is 12.8 Å². The molecule has 5 heteroatoms. The second-order valence-corrected chi connectivity index (χ2v) is 5.51. The highest BCUT2D eigenvalue weighted by molar-refractivity contribution is 5.95. The monoisotopic (exact) mass is 277 g/mol. The normalized spacial score (nSPS) is 16.4. The zero-order chi connectivity index (χ0) is 14.7. The van der Waals surface area contributed by atoms with E-state index in [0.29, 0.717) is 30.1 Å². The molecular weight excluding hydrogens is 254 g/mol. The number of nitrogens with zero attached hydrogens (tertiary/aromatic N) is 3. The van der Waals surface area contributed by atoms with Crippen molar-refractivity contribution < 1.29 is 9.90 Å². The van der Waals surface area contributed by atoms with E-state index in [2.05, 4.69) is 22.0 Å². The van der Waals surface area contributed by atoms with Gasteiger partial charge in [-0.05, 0) is 37.2 Å². The molecular formula is C15H23N3O2. The van der Waals surface area contributed by atoms with Crippen LogP contribution in [0.25, 0.3) is 0 Å². The van der Waals surface area contributed by atoms with Crippen molar-refractivity contribution >= 4 is 11.8 Å². The molecule has 1 N–H and O–H groups in total. The zero-order valence-corrected chi connectivity index (χ0v) is 12.5. The smallest absolute Gasteiger partial charge is 0.339 e. The topological polar surface area (TPSA) is 66.3 Å². The van der Waals surface area contributed by atoms with E-state index in [0.717, 1.165) is 37.2 Å². The number of aromatic nitrogens is 2. The van der Waals surface area contributed by atoms with Crippen LogP contribution in [0.3, 0.4) is 0 Å². The van der Waals surface area contributed by atoms with E-state index in [1.165, 1.54) is 0 Å². The molecule has 1 fully saturated rings. The van der Waals surface area contributed by atoms with Crippen LogP contribution in [0.15, 0.2) is 0 Å². The molecule has 0 atom stereocenters. The number of hydrogen-bond acceptors (Lipinski definition) is 4. The first-order chi connectivity index (χ1) is 9.58. The van der Waals surface area contributed by atoms with Crippen molar-refractivity contribution in [2.24, 2.45) is 5.92 Å². The molecule has 0 aliphatic carbocycles. The lowest BCUT2D eigenvalue weighted by molar-refractivity contribution is 0.0695. The SMILES string of the molecule is CCc1nnc(N2CCC(C)CC2)c(C(=O)O)c1CC. The van der Waals surface area contributed by atoms with Gasteiger partial charge in [-0.3, -0.25) is 0 Å². The zero-order valence-electron chi connectivity index (χ0n) is 12.5. The van der Waals surface area contributed by atoms with Gasteiger partial charge in [-0.15, -0.1) is 5.10 Å².